The van der Waals surface area contributed by atoms with Gasteiger partial charge in [0.2, 0.25) is 0 Å². The minimum Gasteiger partial charge on any atom is -0.331 e. The first kappa shape index (κ1) is 13.6. The molecule has 0 aliphatic heterocycles. The van der Waals surface area contributed by atoms with Crippen LogP contribution in [0.2, 0.25) is 0 Å². The molecule has 2 heterocycles. The van der Waals surface area contributed by atoms with Crippen molar-refractivity contribution in [3.8, 4) is 0 Å². The first-order valence-electron chi connectivity index (χ1n) is 6.76. The van der Waals surface area contributed by atoms with Crippen molar-refractivity contribution in [3.05, 3.63) is 49.9 Å². The molecule has 1 aromatic carbocycles. The predicted octanol–water partition coefficient (Wildman–Crippen LogP) is 5.29. The average molecular weight is 302 g/mol. The number of thiophene rings is 1. The van der Waals surface area contributed by atoms with E-state index in [9.17, 15) is 0 Å². The molecule has 1 atom stereocenters. The Morgan fingerprint density at radius 3 is 2.65 bits per heavy atom. The van der Waals surface area contributed by atoms with Gasteiger partial charge in [-0.15, -0.1) is 11.3 Å². The predicted molar refractivity (Wildman–Crippen MR) is 89.5 cm³/mol. The third kappa shape index (κ3) is 2.03. The van der Waals surface area contributed by atoms with Crippen LogP contribution in [0, 0.1) is 25.5 Å². The van der Waals surface area contributed by atoms with Gasteiger partial charge in [-0.2, -0.15) is 0 Å². The molecule has 0 aliphatic carbocycles. The number of hydrogen-bond donors (Lipinski definition) is 1. The van der Waals surface area contributed by atoms with Gasteiger partial charge in [0.05, 0.1) is 17.1 Å². The highest BCUT2D eigenvalue weighted by atomic mass is 32.1. The summed E-state index contributed by atoms with van der Waals surface area (Å²) in [5, 5.41) is 0. The van der Waals surface area contributed by atoms with Crippen molar-refractivity contribution in [1.29, 1.82) is 0 Å². The number of fused-ring (bicyclic) bond motifs is 1. The van der Waals surface area contributed by atoms with E-state index in [0.29, 0.717) is 0 Å². The topological polar surface area (TPSA) is 20.7 Å². The molecule has 4 heteroatoms. The van der Waals surface area contributed by atoms with Crippen molar-refractivity contribution in [3.63, 3.8) is 0 Å². The largest absolute Gasteiger partial charge is 0.331 e. The van der Waals surface area contributed by atoms with Gasteiger partial charge in [-0.1, -0.05) is 12.1 Å². The fourth-order valence-electron chi connectivity index (χ4n) is 2.93. The molecule has 0 radical (unpaired) electrons. The molecule has 2 nitrogen and oxygen atoms in total. The molecule has 0 bridgehead atoms. The van der Waals surface area contributed by atoms with Crippen molar-refractivity contribution in [2.75, 3.05) is 0 Å². The van der Waals surface area contributed by atoms with E-state index in [-0.39, 0.29) is 6.04 Å². The zero-order valence-electron chi connectivity index (χ0n) is 12.2. The quantitative estimate of drug-likeness (QED) is 0.637. The number of aryl methyl sites for hydroxylation is 3. The Morgan fingerprint density at radius 1 is 1.25 bits per heavy atom. The highest BCUT2D eigenvalue weighted by molar-refractivity contribution is 7.71. The van der Waals surface area contributed by atoms with E-state index < -0.39 is 0 Å². The Labute approximate surface area is 128 Å². The number of imidazole rings is 1. The number of para-hydroxylation sites is 1. The number of hydrogen-bond acceptors (Lipinski definition) is 2. The zero-order chi connectivity index (χ0) is 14.4. The van der Waals surface area contributed by atoms with Gasteiger partial charge in [-0.05, 0) is 63.2 Å². The lowest BCUT2D eigenvalue weighted by molar-refractivity contribution is 0.647. The Bertz CT molecular complexity index is 836. The van der Waals surface area contributed by atoms with Gasteiger partial charge in [0.15, 0.2) is 4.77 Å². The Morgan fingerprint density at radius 2 is 2.00 bits per heavy atom. The fourth-order valence-corrected chi connectivity index (χ4v) is 4.31. The van der Waals surface area contributed by atoms with Gasteiger partial charge in [-0.3, -0.25) is 0 Å². The van der Waals surface area contributed by atoms with Crippen molar-refractivity contribution in [2.24, 2.45) is 0 Å². The van der Waals surface area contributed by atoms with Gasteiger partial charge in [0.1, 0.15) is 0 Å². The monoisotopic (exact) mass is 302 g/mol. The summed E-state index contributed by atoms with van der Waals surface area (Å²) in [5.41, 5.74) is 4.96. The second kappa shape index (κ2) is 4.86. The fraction of sp³-hybridized carbons (Fsp3) is 0.312. The van der Waals surface area contributed by atoms with Crippen LogP contribution in [0.4, 0.5) is 0 Å². The molecule has 0 saturated carbocycles. The van der Waals surface area contributed by atoms with Gasteiger partial charge < -0.3 is 9.55 Å². The summed E-state index contributed by atoms with van der Waals surface area (Å²) in [6, 6.07) is 8.83. The van der Waals surface area contributed by atoms with Crippen LogP contribution in [0.5, 0.6) is 0 Å². The Kier molecular flexibility index (Phi) is 3.30. The highest BCUT2D eigenvalue weighted by Gasteiger charge is 2.17. The molecule has 0 saturated heterocycles. The molecule has 1 N–H and O–H groups in total. The van der Waals surface area contributed by atoms with Crippen LogP contribution in [0.15, 0.2) is 24.3 Å². The van der Waals surface area contributed by atoms with E-state index in [0.717, 1.165) is 10.3 Å². The molecule has 0 fully saturated rings. The molecule has 3 aromatic rings. The number of aromatic amines is 1. The minimum absolute atomic E-state index is 0.252. The van der Waals surface area contributed by atoms with Crippen LogP contribution >= 0.6 is 23.6 Å². The molecule has 2 aromatic heterocycles. The van der Waals surface area contributed by atoms with Crippen molar-refractivity contribution < 1.29 is 0 Å². The molecule has 1 unspecified atom stereocenters. The number of rotatable bonds is 2. The first-order chi connectivity index (χ1) is 9.49. The van der Waals surface area contributed by atoms with E-state index >= 15 is 0 Å². The van der Waals surface area contributed by atoms with Crippen LogP contribution in [-0.4, -0.2) is 9.55 Å². The zero-order valence-corrected chi connectivity index (χ0v) is 13.8. The minimum atomic E-state index is 0.252. The van der Waals surface area contributed by atoms with E-state index in [1.165, 1.54) is 26.4 Å². The SMILES string of the molecule is Cc1cc(C(C)n2c(=S)[nH]c3cccc(C)c32)c(C)s1. The molecule has 0 aliphatic rings. The lowest BCUT2D eigenvalue weighted by Crippen LogP contribution is -2.07. The lowest BCUT2D eigenvalue weighted by Gasteiger charge is -2.16. The van der Waals surface area contributed by atoms with Gasteiger partial charge >= 0.3 is 0 Å². The van der Waals surface area contributed by atoms with E-state index in [2.05, 4.69) is 61.5 Å². The van der Waals surface area contributed by atoms with Crippen molar-refractivity contribution >= 4 is 34.6 Å². The number of aromatic nitrogens is 2. The normalized spacial score (nSPS) is 13.0. The summed E-state index contributed by atoms with van der Waals surface area (Å²) in [6.07, 6.45) is 0. The van der Waals surface area contributed by atoms with Gasteiger partial charge in [0, 0.05) is 9.75 Å². The second-order valence-electron chi connectivity index (χ2n) is 5.32. The van der Waals surface area contributed by atoms with Crippen LogP contribution in [0.3, 0.4) is 0 Å². The van der Waals surface area contributed by atoms with E-state index in [1.807, 2.05) is 11.3 Å². The number of nitrogens with one attached hydrogen (secondary N) is 1. The molecular formula is C16H18N2S2. The molecule has 0 spiro atoms. The maximum Gasteiger partial charge on any atom is 0.178 e. The van der Waals surface area contributed by atoms with Crippen molar-refractivity contribution in [1.82, 2.24) is 9.55 Å². The average Bonchev–Trinajstić information content (AvgIpc) is 2.89. The maximum atomic E-state index is 5.55. The molecule has 20 heavy (non-hydrogen) atoms. The molecular weight excluding hydrogens is 284 g/mol. The van der Waals surface area contributed by atoms with E-state index in [1.54, 1.807) is 0 Å². The summed E-state index contributed by atoms with van der Waals surface area (Å²) in [5.74, 6) is 0. The summed E-state index contributed by atoms with van der Waals surface area (Å²) < 4.78 is 3.04. The van der Waals surface area contributed by atoms with Crippen LogP contribution in [0.1, 0.15) is 33.8 Å². The number of nitrogens with zero attached hydrogens (tertiary/aromatic N) is 1. The summed E-state index contributed by atoms with van der Waals surface area (Å²) in [4.78, 5) is 6.05. The Hall–Kier alpha value is -1.39. The van der Waals surface area contributed by atoms with Gasteiger partial charge in [-0.25, -0.2) is 0 Å². The molecule has 3 rings (SSSR count). The summed E-state index contributed by atoms with van der Waals surface area (Å²) in [7, 11) is 0. The van der Waals surface area contributed by atoms with Crippen LogP contribution in [0.25, 0.3) is 11.0 Å². The van der Waals surface area contributed by atoms with E-state index in [4.69, 9.17) is 12.2 Å². The highest BCUT2D eigenvalue weighted by Crippen LogP contribution is 2.32. The molecule has 0 amide bonds. The Balaban J connectivity index is 2.27. The van der Waals surface area contributed by atoms with Gasteiger partial charge in [0.25, 0.3) is 0 Å². The maximum absolute atomic E-state index is 5.55. The van der Waals surface area contributed by atoms with Crippen LogP contribution in [-0.2, 0) is 0 Å². The third-order valence-electron chi connectivity index (χ3n) is 3.86. The second-order valence-corrected chi connectivity index (χ2v) is 7.16. The summed E-state index contributed by atoms with van der Waals surface area (Å²) >= 11 is 7.40. The lowest BCUT2D eigenvalue weighted by atomic mass is 10.1. The number of benzene rings is 1. The molecule has 104 valence electrons. The standard InChI is InChI=1S/C16H18N2S2/c1-9-6-5-7-14-15(9)18(16(19)17-14)11(3)13-8-10(2)20-12(13)4/h5-8,11H,1-4H3,(H,17,19). The smallest absolute Gasteiger partial charge is 0.178 e. The first-order valence-corrected chi connectivity index (χ1v) is 7.98. The van der Waals surface area contributed by atoms with Crippen molar-refractivity contribution in [2.45, 2.75) is 33.7 Å². The van der Waals surface area contributed by atoms with Crippen LogP contribution < -0.4 is 0 Å². The summed E-state index contributed by atoms with van der Waals surface area (Å²) in [6.45, 7) is 8.71. The number of H-pyrrole nitrogens is 1. The third-order valence-corrected chi connectivity index (χ3v) is 5.14.